The Labute approximate surface area is 147 Å². The van der Waals surface area contributed by atoms with E-state index in [0.717, 1.165) is 23.7 Å². The van der Waals surface area contributed by atoms with Crippen molar-refractivity contribution >= 4 is 17.5 Å². The third-order valence-corrected chi connectivity index (χ3v) is 4.74. The molecule has 1 aliphatic heterocycles. The summed E-state index contributed by atoms with van der Waals surface area (Å²) in [6.07, 6.45) is 3.68. The van der Waals surface area contributed by atoms with Crippen molar-refractivity contribution in [1.29, 1.82) is 5.26 Å². The third kappa shape index (κ3) is 3.72. The zero-order chi connectivity index (χ0) is 16.9. The molecule has 24 heavy (non-hydrogen) atoms. The summed E-state index contributed by atoms with van der Waals surface area (Å²) < 4.78 is 5.51. The molecule has 2 heterocycles. The first-order chi connectivity index (χ1) is 11.7. The van der Waals surface area contributed by atoms with Crippen LogP contribution in [-0.2, 0) is 0 Å². The molecule has 3 rings (SSSR count). The van der Waals surface area contributed by atoms with Crippen LogP contribution < -0.4 is 5.32 Å². The second-order valence-corrected chi connectivity index (χ2v) is 6.44. The van der Waals surface area contributed by atoms with Gasteiger partial charge in [0.25, 0.3) is 0 Å². The number of aromatic nitrogens is 1. The molecule has 126 valence electrons. The van der Waals surface area contributed by atoms with E-state index in [1.165, 1.54) is 19.3 Å². The molecule has 0 radical (unpaired) electrons. The SMILES string of the molecule is Cc1nc(C#N)c(NCC(c2ccccc2Cl)N2CCCCC2)o1. The fourth-order valence-corrected chi connectivity index (χ4v) is 3.48. The largest absolute Gasteiger partial charge is 0.424 e. The molecule has 0 bridgehead atoms. The highest BCUT2D eigenvalue weighted by Crippen LogP contribution is 2.30. The van der Waals surface area contributed by atoms with E-state index >= 15 is 0 Å². The van der Waals surface area contributed by atoms with E-state index in [1.807, 2.05) is 18.2 Å². The van der Waals surface area contributed by atoms with Crippen LogP contribution in [0.1, 0.15) is 42.5 Å². The predicted octanol–water partition coefficient (Wildman–Crippen LogP) is 4.15. The monoisotopic (exact) mass is 344 g/mol. The van der Waals surface area contributed by atoms with Crippen molar-refractivity contribution in [3.8, 4) is 6.07 Å². The Hall–Kier alpha value is -2.03. The summed E-state index contributed by atoms with van der Waals surface area (Å²) >= 11 is 6.44. The lowest BCUT2D eigenvalue weighted by Crippen LogP contribution is -2.37. The van der Waals surface area contributed by atoms with Crippen LogP contribution in [0, 0.1) is 18.3 Å². The maximum Gasteiger partial charge on any atom is 0.232 e. The summed E-state index contributed by atoms with van der Waals surface area (Å²) in [5, 5.41) is 13.2. The number of aryl methyl sites for hydroxylation is 1. The van der Waals surface area contributed by atoms with Crippen LogP contribution in [0.4, 0.5) is 5.88 Å². The maximum atomic E-state index is 9.16. The molecule has 1 N–H and O–H groups in total. The van der Waals surface area contributed by atoms with Crippen LogP contribution in [0.5, 0.6) is 0 Å². The van der Waals surface area contributed by atoms with Gasteiger partial charge in [0.05, 0.1) is 6.04 Å². The first-order valence-electron chi connectivity index (χ1n) is 8.29. The van der Waals surface area contributed by atoms with Gasteiger partial charge in [-0.1, -0.05) is 36.2 Å². The standard InChI is InChI=1S/C18H21ClN4O/c1-13-22-16(11-20)18(24-13)21-12-17(23-9-5-2-6-10-23)14-7-3-4-8-15(14)19/h3-4,7-8,17,21H,2,5-6,9-10,12H2,1H3. The second-order valence-electron chi connectivity index (χ2n) is 6.04. The Kier molecular flexibility index (Phi) is 5.39. The lowest BCUT2D eigenvalue weighted by Gasteiger charge is -2.35. The van der Waals surface area contributed by atoms with Gasteiger partial charge >= 0.3 is 0 Å². The first kappa shape index (κ1) is 16.8. The Morgan fingerprint density at radius 1 is 1.33 bits per heavy atom. The molecular formula is C18H21ClN4O. The molecule has 6 heteroatoms. The molecule has 2 aromatic rings. The zero-order valence-corrected chi connectivity index (χ0v) is 14.5. The van der Waals surface area contributed by atoms with Crippen LogP contribution in [0.3, 0.4) is 0 Å². The molecule has 0 amide bonds. The number of rotatable bonds is 5. The molecule has 0 aliphatic carbocycles. The predicted molar refractivity (Wildman–Crippen MR) is 94.1 cm³/mol. The molecule has 0 saturated carbocycles. The summed E-state index contributed by atoms with van der Waals surface area (Å²) in [6.45, 7) is 4.46. The van der Waals surface area contributed by atoms with Crippen molar-refractivity contribution in [3.05, 3.63) is 46.4 Å². The fourth-order valence-electron chi connectivity index (χ4n) is 3.22. The number of likely N-dealkylation sites (tertiary alicyclic amines) is 1. The van der Waals surface area contributed by atoms with Gasteiger partial charge in [-0.15, -0.1) is 0 Å². The van der Waals surface area contributed by atoms with Gasteiger partial charge in [-0.3, -0.25) is 4.90 Å². The highest BCUT2D eigenvalue weighted by molar-refractivity contribution is 6.31. The van der Waals surface area contributed by atoms with E-state index in [9.17, 15) is 0 Å². The molecule has 1 fully saturated rings. The normalized spacial score (nSPS) is 16.5. The van der Waals surface area contributed by atoms with Crippen LogP contribution in [0.25, 0.3) is 0 Å². The lowest BCUT2D eigenvalue weighted by atomic mass is 10.0. The highest BCUT2D eigenvalue weighted by atomic mass is 35.5. The molecule has 1 aromatic carbocycles. The van der Waals surface area contributed by atoms with Gasteiger partial charge in [-0.05, 0) is 37.6 Å². The van der Waals surface area contributed by atoms with E-state index in [4.69, 9.17) is 21.3 Å². The van der Waals surface area contributed by atoms with E-state index < -0.39 is 0 Å². The van der Waals surface area contributed by atoms with Crippen LogP contribution >= 0.6 is 11.6 Å². The van der Waals surface area contributed by atoms with Crippen LogP contribution in [0.2, 0.25) is 5.02 Å². The lowest BCUT2D eigenvalue weighted by molar-refractivity contribution is 0.170. The van der Waals surface area contributed by atoms with Gasteiger partial charge in [-0.25, -0.2) is 4.98 Å². The Balaban J connectivity index is 1.82. The first-order valence-corrected chi connectivity index (χ1v) is 8.66. The van der Waals surface area contributed by atoms with Crippen molar-refractivity contribution in [1.82, 2.24) is 9.88 Å². The summed E-state index contributed by atoms with van der Waals surface area (Å²) in [5.74, 6) is 0.922. The van der Waals surface area contributed by atoms with E-state index in [0.29, 0.717) is 24.0 Å². The van der Waals surface area contributed by atoms with Crippen molar-refractivity contribution in [2.45, 2.75) is 32.2 Å². The number of nitrogens with one attached hydrogen (secondary N) is 1. The minimum Gasteiger partial charge on any atom is -0.424 e. The van der Waals surface area contributed by atoms with Gasteiger partial charge in [0.2, 0.25) is 11.6 Å². The smallest absolute Gasteiger partial charge is 0.232 e. The molecular weight excluding hydrogens is 324 g/mol. The summed E-state index contributed by atoms with van der Waals surface area (Å²) in [5.41, 5.74) is 1.40. The average molecular weight is 345 g/mol. The van der Waals surface area contributed by atoms with Crippen molar-refractivity contribution < 1.29 is 4.42 Å². The minimum absolute atomic E-state index is 0.135. The second kappa shape index (κ2) is 7.69. The Morgan fingerprint density at radius 3 is 2.79 bits per heavy atom. The molecule has 5 nitrogen and oxygen atoms in total. The number of piperidine rings is 1. The summed E-state index contributed by atoms with van der Waals surface area (Å²) in [4.78, 5) is 6.53. The number of benzene rings is 1. The number of halogens is 1. The van der Waals surface area contributed by atoms with Crippen molar-refractivity contribution in [3.63, 3.8) is 0 Å². The van der Waals surface area contributed by atoms with E-state index in [1.54, 1.807) is 6.92 Å². The third-order valence-electron chi connectivity index (χ3n) is 4.39. The average Bonchev–Trinajstić information content (AvgIpc) is 2.97. The molecule has 1 saturated heterocycles. The van der Waals surface area contributed by atoms with Gasteiger partial charge < -0.3 is 9.73 Å². The zero-order valence-electron chi connectivity index (χ0n) is 13.8. The van der Waals surface area contributed by atoms with Gasteiger partial charge in [-0.2, -0.15) is 5.26 Å². The fraction of sp³-hybridized carbons (Fsp3) is 0.444. The topological polar surface area (TPSA) is 65.1 Å². The van der Waals surface area contributed by atoms with Crippen molar-refractivity contribution in [2.24, 2.45) is 0 Å². The van der Waals surface area contributed by atoms with Crippen molar-refractivity contribution in [2.75, 3.05) is 25.0 Å². The molecule has 1 atom stereocenters. The van der Waals surface area contributed by atoms with Gasteiger partial charge in [0.15, 0.2) is 5.89 Å². The minimum atomic E-state index is 0.135. The van der Waals surface area contributed by atoms with Gasteiger partial charge in [0.1, 0.15) is 6.07 Å². The quantitative estimate of drug-likeness (QED) is 0.882. The van der Waals surface area contributed by atoms with Crippen LogP contribution in [0.15, 0.2) is 28.7 Å². The van der Waals surface area contributed by atoms with E-state index in [-0.39, 0.29) is 6.04 Å². The molecule has 1 unspecified atom stereocenters. The number of nitriles is 1. The highest BCUT2D eigenvalue weighted by Gasteiger charge is 2.24. The molecule has 1 aliphatic rings. The number of hydrogen-bond donors (Lipinski definition) is 1. The summed E-state index contributed by atoms with van der Waals surface area (Å²) in [7, 11) is 0. The number of oxazole rings is 1. The van der Waals surface area contributed by atoms with Crippen LogP contribution in [-0.4, -0.2) is 29.5 Å². The maximum absolute atomic E-state index is 9.16. The number of anilines is 1. The molecule has 1 aromatic heterocycles. The Bertz CT molecular complexity index is 731. The molecule has 0 spiro atoms. The number of hydrogen-bond acceptors (Lipinski definition) is 5. The van der Waals surface area contributed by atoms with E-state index in [2.05, 4.69) is 27.3 Å². The Morgan fingerprint density at radius 2 is 2.08 bits per heavy atom. The number of nitrogens with zero attached hydrogens (tertiary/aromatic N) is 3. The summed E-state index contributed by atoms with van der Waals surface area (Å²) in [6, 6.07) is 10.1. The van der Waals surface area contributed by atoms with Gasteiger partial charge in [0, 0.05) is 18.5 Å².